The van der Waals surface area contributed by atoms with Gasteiger partial charge in [-0.15, -0.1) is 11.3 Å². The van der Waals surface area contributed by atoms with E-state index in [-0.39, 0.29) is 5.56 Å². The first-order chi connectivity index (χ1) is 9.20. The average molecular weight is 271 g/mol. The van der Waals surface area contributed by atoms with E-state index in [2.05, 4.69) is 6.07 Å². The third-order valence-corrected chi connectivity index (χ3v) is 4.91. The van der Waals surface area contributed by atoms with Crippen LogP contribution in [0.1, 0.15) is 52.4 Å². The predicted molar refractivity (Wildman–Crippen MR) is 74.7 cm³/mol. The SMILES string of the molecule is N#Cc1sc2cc(C(=O)O)ccc2c1C1CCCC1. The molecule has 1 fully saturated rings. The summed E-state index contributed by atoms with van der Waals surface area (Å²) in [5.74, 6) is -0.449. The van der Waals surface area contributed by atoms with Crippen LogP contribution in [0, 0.1) is 11.3 Å². The van der Waals surface area contributed by atoms with Crippen LogP contribution in [0.15, 0.2) is 18.2 Å². The number of nitrogens with zero attached hydrogens (tertiary/aromatic N) is 1. The summed E-state index contributed by atoms with van der Waals surface area (Å²) in [5, 5.41) is 19.4. The van der Waals surface area contributed by atoms with Gasteiger partial charge in [-0.3, -0.25) is 0 Å². The molecule has 0 saturated heterocycles. The minimum atomic E-state index is -0.920. The maximum absolute atomic E-state index is 11.0. The summed E-state index contributed by atoms with van der Waals surface area (Å²) in [6.45, 7) is 0. The molecule has 1 aliphatic carbocycles. The number of fused-ring (bicyclic) bond motifs is 1. The topological polar surface area (TPSA) is 61.1 Å². The van der Waals surface area contributed by atoms with Gasteiger partial charge >= 0.3 is 5.97 Å². The molecule has 1 aromatic carbocycles. The summed E-state index contributed by atoms with van der Waals surface area (Å²) < 4.78 is 0.915. The highest BCUT2D eigenvalue weighted by Gasteiger charge is 2.24. The third kappa shape index (κ3) is 2.00. The Morgan fingerprint density at radius 2 is 2.11 bits per heavy atom. The van der Waals surface area contributed by atoms with E-state index in [1.54, 1.807) is 12.1 Å². The molecule has 3 rings (SSSR count). The van der Waals surface area contributed by atoms with E-state index in [0.717, 1.165) is 33.4 Å². The molecule has 1 N–H and O–H groups in total. The first-order valence-corrected chi connectivity index (χ1v) is 7.22. The maximum Gasteiger partial charge on any atom is 0.335 e. The fraction of sp³-hybridized carbons (Fsp3) is 0.333. The number of rotatable bonds is 2. The normalized spacial score (nSPS) is 15.7. The second-order valence-electron chi connectivity index (χ2n) is 4.95. The predicted octanol–water partition coefficient (Wildman–Crippen LogP) is 4.13. The highest BCUT2D eigenvalue weighted by atomic mass is 32.1. The van der Waals surface area contributed by atoms with Gasteiger partial charge in [0, 0.05) is 4.70 Å². The van der Waals surface area contributed by atoms with E-state index in [4.69, 9.17) is 5.11 Å². The molecule has 19 heavy (non-hydrogen) atoms. The van der Waals surface area contributed by atoms with Gasteiger partial charge in [-0.1, -0.05) is 18.9 Å². The lowest BCUT2D eigenvalue weighted by molar-refractivity contribution is 0.0697. The largest absolute Gasteiger partial charge is 0.478 e. The highest BCUT2D eigenvalue weighted by molar-refractivity contribution is 7.19. The molecule has 0 amide bonds. The van der Waals surface area contributed by atoms with Crippen molar-refractivity contribution in [2.24, 2.45) is 0 Å². The molecule has 0 atom stereocenters. The van der Waals surface area contributed by atoms with Crippen molar-refractivity contribution in [2.75, 3.05) is 0 Å². The van der Waals surface area contributed by atoms with E-state index < -0.39 is 5.97 Å². The smallest absolute Gasteiger partial charge is 0.335 e. The zero-order valence-electron chi connectivity index (χ0n) is 10.3. The number of carbonyl (C=O) groups is 1. The summed E-state index contributed by atoms with van der Waals surface area (Å²) in [4.78, 5) is 11.8. The molecule has 1 saturated carbocycles. The molecule has 1 aromatic heterocycles. The number of aromatic carboxylic acids is 1. The fourth-order valence-corrected chi connectivity index (χ4v) is 4.08. The molecule has 0 radical (unpaired) electrons. The van der Waals surface area contributed by atoms with Crippen LogP contribution < -0.4 is 0 Å². The van der Waals surface area contributed by atoms with Crippen molar-refractivity contribution < 1.29 is 9.90 Å². The number of thiophene rings is 1. The van der Waals surface area contributed by atoms with E-state index in [9.17, 15) is 10.1 Å². The average Bonchev–Trinajstić information content (AvgIpc) is 3.03. The summed E-state index contributed by atoms with van der Waals surface area (Å²) in [7, 11) is 0. The quantitative estimate of drug-likeness (QED) is 0.893. The van der Waals surface area contributed by atoms with Crippen LogP contribution in [0.5, 0.6) is 0 Å². The number of benzene rings is 1. The molecule has 1 aliphatic rings. The van der Waals surface area contributed by atoms with Crippen molar-refractivity contribution in [2.45, 2.75) is 31.6 Å². The van der Waals surface area contributed by atoms with E-state index in [1.165, 1.54) is 24.2 Å². The molecular weight excluding hydrogens is 258 g/mol. The third-order valence-electron chi connectivity index (χ3n) is 3.84. The number of hydrogen-bond donors (Lipinski definition) is 1. The van der Waals surface area contributed by atoms with Crippen molar-refractivity contribution in [1.29, 1.82) is 5.26 Å². The molecule has 0 bridgehead atoms. The zero-order chi connectivity index (χ0) is 13.4. The summed E-state index contributed by atoms with van der Waals surface area (Å²) in [6.07, 6.45) is 4.72. The van der Waals surface area contributed by atoms with Crippen molar-refractivity contribution in [3.05, 3.63) is 34.2 Å². The van der Waals surface area contributed by atoms with Crippen molar-refractivity contribution in [3.63, 3.8) is 0 Å². The molecule has 4 heteroatoms. The number of carboxylic acid groups (broad SMARTS) is 1. The Morgan fingerprint density at radius 3 is 2.74 bits per heavy atom. The van der Waals surface area contributed by atoms with Gasteiger partial charge in [0.15, 0.2) is 0 Å². The Labute approximate surface area is 115 Å². The van der Waals surface area contributed by atoms with Gasteiger partial charge in [-0.05, 0) is 41.8 Å². The monoisotopic (exact) mass is 271 g/mol. The van der Waals surface area contributed by atoms with Gasteiger partial charge < -0.3 is 5.11 Å². The molecule has 0 unspecified atom stereocenters. The lowest BCUT2D eigenvalue weighted by Crippen LogP contribution is -1.96. The molecular formula is C15H13NO2S. The van der Waals surface area contributed by atoms with Crippen molar-refractivity contribution >= 4 is 27.4 Å². The van der Waals surface area contributed by atoms with Crippen LogP contribution in [0.3, 0.4) is 0 Å². The molecule has 0 aliphatic heterocycles. The van der Waals surface area contributed by atoms with Crippen LogP contribution in [-0.4, -0.2) is 11.1 Å². The highest BCUT2D eigenvalue weighted by Crippen LogP contribution is 2.43. The minimum absolute atomic E-state index is 0.288. The Bertz CT molecular complexity index is 690. The molecule has 96 valence electrons. The summed E-state index contributed by atoms with van der Waals surface area (Å²) in [5.41, 5.74) is 1.44. The van der Waals surface area contributed by atoms with Gasteiger partial charge in [-0.2, -0.15) is 5.26 Å². The van der Waals surface area contributed by atoms with Gasteiger partial charge in [0.2, 0.25) is 0 Å². The standard InChI is InChI=1S/C15H13NO2S/c16-8-13-14(9-3-1-2-4-9)11-6-5-10(15(17)18)7-12(11)19-13/h5-7,9H,1-4H2,(H,17,18). The van der Waals surface area contributed by atoms with Gasteiger partial charge in [0.05, 0.1) is 5.56 Å². The van der Waals surface area contributed by atoms with Crippen LogP contribution >= 0.6 is 11.3 Å². The van der Waals surface area contributed by atoms with Crippen LogP contribution in [0.25, 0.3) is 10.1 Å². The maximum atomic E-state index is 11.0. The molecule has 1 heterocycles. The zero-order valence-corrected chi connectivity index (χ0v) is 11.2. The van der Waals surface area contributed by atoms with Gasteiger partial charge in [-0.25, -0.2) is 4.79 Å². The molecule has 0 spiro atoms. The second-order valence-corrected chi connectivity index (χ2v) is 6.01. The fourth-order valence-electron chi connectivity index (χ4n) is 2.95. The minimum Gasteiger partial charge on any atom is -0.478 e. The number of nitriles is 1. The number of carboxylic acids is 1. The Kier molecular flexibility index (Phi) is 3.00. The van der Waals surface area contributed by atoms with Crippen molar-refractivity contribution in [1.82, 2.24) is 0 Å². The lowest BCUT2D eigenvalue weighted by atomic mass is 9.94. The van der Waals surface area contributed by atoms with E-state index in [1.807, 2.05) is 6.07 Å². The Balaban J connectivity index is 2.20. The summed E-state index contributed by atoms with van der Waals surface area (Å²) >= 11 is 1.42. The number of hydrogen-bond acceptors (Lipinski definition) is 3. The second kappa shape index (κ2) is 4.67. The Morgan fingerprint density at radius 1 is 1.37 bits per heavy atom. The molecule has 2 aromatic rings. The molecule has 3 nitrogen and oxygen atoms in total. The van der Waals surface area contributed by atoms with Crippen LogP contribution in [0.4, 0.5) is 0 Å². The Hall–Kier alpha value is -1.86. The van der Waals surface area contributed by atoms with E-state index in [0.29, 0.717) is 5.92 Å². The van der Waals surface area contributed by atoms with Gasteiger partial charge in [0.25, 0.3) is 0 Å². The summed E-state index contributed by atoms with van der Waals surface area (Å²) in [6, 6.07) is 7.46. The van der Waals surface area contributed by atoms with Crippen LogP contribution in [0.2, 0.25) is 0 Å². The lowest BCUT2D eigenvalue weighted by Gasteiger charge is -2.08. The van der Waals surface area contributed by atoms with Crippen molar-refractivity contribution in [3.8, 4) is 6.07 Å². The van der Waals surface area contributed by atoms with Gasteiger partial charge in [0.1, 0.15) is 10.9 Å². The van der Waals surface area contributed by atoms with E-state index >= 15 is 0 Å². The first-order valence-electron chi connectivity index (χ1n) is 6.40. The van der Waals surface area contributed by atoms with Crippen LogP contribution in [-0.2, 0) is 0 Å². The first kappa shape index (κ1) is 12.2.